The van der Waals surface area contributed by atoms with E-state index in [9.17, 15) is 9.59 Å². The van der Waals surface area contributed by atoms with Crippen molar-refractivity contribution in [1.29, 1.82) is 0 Å². The van der Waals surface area contributed by atoms with E-state index in [1.807, 2.05) is 0 Å². The molecule has 0 aromatic heterocycles. The standard InChI is InChI=1S/C12H22N2O3/c1-4-9(11(15)16)13-12(17)14-10-6-5-7(2)8(10)3/h7-10H,4-6H2,1-3H3,(H,15,16)(H2,13,14,17). The first-order valence-corrected chi connectivity index (χ1v) is 6.25. The Labute approximate surface area is 102 Å². The van der Waals surface area contributed by atoms with Crippen molar-refractivity contribution < 1.29 is 14.7 Å². The second kappa shape index (κ2) is 5.89. The number of amides is 2. The van der Waals surface area contributed by atoms with E-state index in [1.54, 1.807) is 6.92 Å². The van der Waals surface area contributed by atoms with E-state index < -0.39 is 12.0 Å². The molecular formula is C12H22N2O3. The van der Waals surface area contributed by atoms with Gasteiger partial charge in [0.2, 0.25) is 0 Å². The Morgan fingerprint density at radius 3 is 2.41 bits per heavy atom. The fourth-order valence-electron chi connectivity index (χ4n) is 2.28. The summed E-state index contributed by atoms with van der Waals surface area (Å²) in [4.78, 5) is 22.4. The number of nitrogens with one attached hydrogen (secondary N) is 2. The molecule has 1 fully saturated rings. The summed E-state index contributed by atoms with van der Waals surface area (Å²) in [6, 6.07) is -1.01. The number of aliphatic carboxylic acids is 1. The molecule has 0 heterocycles. The Balaban J connectivity index is 2.42. The van der Waals surface area contributed by atoms with Crippen molar-refractivity contribution in [2.24, 2.45) is 11.8 Å². The van der Waals surface area contributed by atoms with Gasteiger partial charge in [-0.3, -0.25) is 0 Å². The largest absolute Gasteiger partial charge is 0.480 e. The summed E-state index contributed by atoms with van der Waals surface area (Å²) in [6.07, 6.45) is 2.47. The third kappa shape index (κ3) is 3.61. The van der Waals surface area contributed by atoms with Crippen LogP contribution in [0, 0.1) is 11.8 Å². The molecule has 0 aliphatic heterocycles. The highest BCUT2D eigenvalue weighted by Gasteiger charge is 2.31. The van der Waals surface area contributed by atoms with Crippen LogP contribution in [0.4, 0.5) is 4.79 Å². The predicted molar refractivity (Wildman–Crippen MR) is 64.7 cm³/mol. The molecule has 0 radical (unpaired) electrons. The summed E-state index contributed by atoms with van der Waals surface area (Å²) in [5, 5.41) is 14.2. The fourth-order valence-corrected chi connectivity index (χ4v) is 2.28. The van der Waals surface area contributed by atoms with Gasteiger partial charge in [-0.15, -0.1) is 0 Å². The number of carboxylic acid groups (broad SMARTS) is 1. The molecule has 2 amide bonds. The highest BCUT2D eigenvalue weighted by atomic mass is 16.4. The lowest BCUT2D eigenvalue weighted by Gasteiger charge is -2.21. The van der Waals surface area contributed by atoms with Gasteiger partial charge in [0.25, 0.3) is 0 Å². The molecule has 5 heteroatoms. The molecule has 1 rings (SSSR count). The van der Waals surface area contributed by atoms with Gasteiger partial charge >= 0.3 is 12.0 Å². The molecule has 0 aromatic rings. The molecule has 4 unspecified atom stereocenters. The van der Waals surface area contributed by atoms with Gasteiger partial charge in [-0.1, -0.05) is 20.8 Å². The van der Waals surface area contributed by atoms with Crippen molar-refractivity contribution in [2.45, 2.75) is 52.1 Å². The first kappa shape index (κ1) is 13.8. The molecular weight excluding hydrogens is 220 g/mol. The van der Waals surface area contributed by atoms with Crippen LogP contribution in [0.1, 0.15) is 40.0 Å². The highest BCUT2D eigenvalue weighted by Crippen LogP contribution is 2.30. The van der Waals surface area contributed by atoms with E-state index in [2.05, 4.69) is 24.5 Å². The zero-order valence-corrected chi connectivity index (χ0v) is 10.7. The van der Waals surface area contributed by atoms with Crippen molar-refractivity contribution in [1.82, 2.24) is 10.6 Å². The maximum atomic E-state index is 11.6. The molecule has 5 nitrogen and oxygen atoms in total. The van der Waals surface area contributed by atoms with Crippen LogP contribution in [0.2, 0.25) is 0 Å². The predicted octanol–water partition coefficient (Wildman–Crippen LogP) is 1.58. The van der Waals surface area contributed by atoms with Crippen molar-refractivity contribution in [3.63, 3.8) is 0 Å². The van der Waals surface area contributed by atoms with Crippen LogP contribution < -0.4 is 10.6 Å². The summed E-state index contributed by atoms with van der Waals surface area (Å²) < 4.78 is 0. The van der Waals surface area contributed by atoms with Gasteiger partial charge in [0, 0.05) is 6.04 Å². The lowest BCUT2D eigenvalue weighted by atomic mass is 9.98. The fraction of sp³-hybridized carbons (Fsp3) is 0.833. The second-order valence-electron chi connectivity index (χ2n) is 4.94. The molecule has 0 saturated heterocycles. The average molecular weight is 242 g/mol. The van der Waals surface area contributed by atoms with Gasteiger partial charge in [-0.05, 0) is 31.1 Å². The molecule has 3 N–H and O–H groups in total. The van der Waals surface area contributed by atoms with Crippen molar-refractivity contribution in [2.75, 3.05) is 0 Å². The minimum absolute atomic E-state index is 0.163. The van der Waals surface area contributed by atoms with Gasteiger partial charge in [-0.25, -0.2) is 9.59 Å². The summed E-state index contributed by atoms with van der Waals surface area (Å²) in [6.45, 7) is 6.03. The number of hydrogen-bond donors (Lipinski definition) is 3. The molecule has 1 aliphatic rings. The van der Waals surface area contributed by atoms with Crippen molar-refractivity contribution in [3.05, 3.63) is 0 Å². The van der Waals surface area contributed by atoms with E-state index in [-0.39, 0.29) is 12.1 Å². The summed E-state index contributed by atoms with van der Waals surface area (Å²) in [5.41, 5.74) is 0. The van der Waals surface area contributed by atoms with Crippen LogP contribution in [0.25, 0.3) is 0 Å². The Hall–Kier alpha value is -1.26. The number of carbonyl (C=O) groups is 2. The van der Waals surface area contributed by atoms with Crippen LogP contribution >= 0.6 is 0 Å². The molecule has 1 saturated carbocycles. The third-order valence-electron chi connectivity index (χ3n) is 3.79. The summed E-state index contributed by atoms with van der Waals surface area (Å²) in [5.74, 6) is 0.0721. The zero-order chi connectivity index (χ0) is 13.0. The van der Waals surface area contributed by atoms with Crippen LogP contribution in [0.5, 0.6) is 0 Å². The first-order chi connectivity index (χ1) is 7.95. The van der Waals surface area contributed by atoms with Crippen molar-refractivity contribution >= 4 is 12.0 Å². The van der Waals surface area contributed by atoms with E-state index in [4.69, 9.17) is 5.11 Å². The monoisotopic (exact) mass is 242 g/mol. The second-order valence-corrected chi connectivity index (χ2v) is 4.94. The smallest absolute Gasteiger partial charge is 0.326 e. The van der Waals surface area contributed by atoms with Crippen LogP contribution in [0.3, 0.4) is 0 Å². The Kier molecular flexibility index (Phi) is 4.78. The maximum absolute atomic E-state index is 11.6. The normalized spacial score (nSPS) is 29.7. The molecule has 4 atom stereocenters. The summed E-state index contributed by atoms with van der Waals surface area (Å²) >= 11 is 0. The molecule has 1 aliphatic carbocycles. The number of urea groups is 1. The first-order valence-electron chi connectivity index (χ1n) is 6.25. The molecule has 0 bridgehead atoms. The molecule has 17 heavy (non-hydrogen) atoms. The number of carbonyl (C=O) groups excluding carboxylic acids is 1. The SMILES string of the molecule is CCC(NC(=O)NC1CCC(C)C1C)C(=O)O. The van der Waals surface area contributed by atoms with E-state index >= 15 is 0 Å². The van der Waals surface area contributed by atoms with Crippen LogP contribution in [-0.4, -0.2) is 29.2 Å². The molecule has 98 valence electrons. The van der Waals surface area contributed by atoms with Gasteiger partial charge in [0.1, 0.15) is 6.04 Å². The van der Waals surface area contributed by atoms with Crippen LogP contribution in [-0.2, 0) is 4.79 Å². The molecule has 0 spiro atoms. The third-order valence-corrected chi connectivity index (χ3v) is 3.79. The van der Waals surface area contributed by atoms with Gasteiger partial charge in [-0.2, -0.15) is 0 Å². The van der Waals surface area contributed by atoms with Gasteiger partial charge in [0.05, 0.1) is 0 Å². The van der Waals surface area contributed by atoms with E-state index in [1.165, 1.54) is 0 Å². The summed E-state index contributed by atoms with van der Waals surface area (Å²) in [7, 11) is 0. The Bertz CT molecular complexity index is 293. The lowest BCUT2D eigenvalue weighted by Crippen LogP contribution is -2.49. The van der Waals surface area contributed by atoms with E-state index in [0.29, 0.717) is 18.3 Å². The maximum Gasteiger partial charge on any atom is 0.326 e. The minimum Gasteiger partial charge on any atom is -0.480 e. The Morgan fingerprint density at radius 1 is 1.35 bits per heavy atom. The van der Waals surface area contributed by atoms with Crippen molar-refractivity contribution in [3.8, 4) is 0 Å². The Morgan fingerprint density at radius 2 is 2.00 bits per heavy atom. The lowest BCUT2D eigenvalue weighted by molar-refractivity contribution is -0.139. The zero-order valence-electron chi connectivity index (χ0n) is 10.7. The van der Waals surface area contributed by atoms with Crippen LogP contribution in [0.15, 0.2) is 0 Å². The number of hydrogen-bond acceptors (Lipinski definition) is 2. The number of carboxylic acids is 1. The molecule has 0 aromatic carbocycles. The quantitative estimate of drug-likeness (QED) is 0.700. The number of rotatable bonds is 4. The minimum atomic E-state index is -0.990. The van der Waals surface area contributed by atoms with Gasteiger partial charge < -0.3 is 15.7 Å². The highest BCUT2D eigenvalue weighted by molar-refractivity contribution is 5.82. The average Bonchev–Trinajstić information content (AvgIpc) is 2.57. The van der Waals surface area contributed by atoms with Gasteiger partial charge in [0.15, 0.2) is 0 Å². The topological polar surface area (TPSA) is 78.4 Å². The van der Waals surface area contributed by atoms with E-state index in [0.717, 1.165) is 12.8 Å².